The van der Waals surface area contributed by atoms with Gasteiger partial charge < -0.3 is 10.5 Å². The number of carbonyl (C=O) groups is 1. The monoisotopic (exact) mass is 201 g/mol. The van der Waals surface area contributed by atoms with Crippen LogP contribution < -0.4 is 5.73 Å². The minimum atomic E-state index is -0.420. The molecule has 0 aromatic heterocycles. The number of allylic oxidation sites excluding steroid dienone is 3. The zero-order chi connectivity index (χ0) is 10.3. The van der Waals surface area contributed by atoms with Crippen LogP contribution in [0.5, 0.6) is 0 Å². The van der Waals surface area contributed by atoms with Crippen molar-refractivity contribution in [2.75, 3.05) is 7.11 Å². The summed E-state index contributed by atoms with van der Waals surface area (Å²) in [4.78, 5) is 10.6. The topological polar surface area (TPSA) is 52.3 Å². The maximum absolute atomic E-state index is 10.6. The van der Waals surface area contributed by atoms with Crippen LogP contribution in [0.1, 0.15) is 6.92 Å². The molecule has 0 unspecified atom stereocenters. The Morgan fingerprint density at radius 1 is 1.54 bits per heavy atom. The molecular weight excluding hydrogens is 190 g/mol. The molecule has 0 radical (unpaired) electrons. The van der Waals surface area contributed by atoms with E-state index in [1.807, 2.05) is 0 Å². The van der Waals surface area contributed by atoms with E-state index in [9.17, 15) is 4.79 Å². The quantitative estimate of drug-likeness (QED) is 0.430. The molecule has 0 fully saturated rings. The van der Waals surface area contributed by atoms with Gasteiger partial charge in [0.25, 0.3) is 0 Å². The lowest BCUT2D eigenvalue weighted by Gasteiger charge is -1.96. The third-order valence-electron chi connectivity index (χ3n) is 1.33. The molecular formula is C9H12ClNO2. The van der Waals surface area contributed by atoms with Crippen molar-refractivity contribution >= 4 is 17.6 Å². The third kappa shape index (κ3) is 5.09. The van der Waals surface area contributed by atoms with Crippen LogP contribution in [-0.2, 0) is 9.53 Å². The second kappa shape index (κ2) is 6.31. The summed E-state index contributed by atoms with van der Waals surface area (Å²) in [5.41, 5.74) is 8.19. The van der Waals surface area contributed by atoms with E-state index in [-0.39, 0.29) is 0 Å². The van der Waals surface area contributed by atoms with Crippen LogP contribution >= 0.6 is 11.6 Å². The van der Waals surface area contributed by atoms with Crippen molar-refractivity contribution in [3.63, 3.8) is 0 Å². The lowest BCUT2D eigenvalue weighted by Crippen LogP contribution is -1.97. The van der Waals surface area contributed by atoms with Crippen molar-refractivity contribution in [1.29, 1.82) is 0 Å². The molecule has 0 aliphatic rings. The molecule has 0 bridgehead atoms. The third-order valence-corrected chi connectivity index (χ3v) is 1.66. The predicted octanol–water partition coefficient (Wildman–Crippen LogP) is 1.70. The molecule has 0 heterocycles. The molecule has 72 valence electrons. The van der Waals surface area contributed by atoms with Crippen molar-refractivity contribution < 1.29 is 9.53 Å². The smallest absolute Gasteiger partial charge is 0.330 e. The van der Waals surface area contributed by atoms with Gasteiger partial charge in [0.2, 0.25) is 0 Å². The summed E-state index contributed by atoms with van der Waals surface area (Å²) in [5, 5.41) is 0. The van der Waals surface area contributed by atoms with Gasteiger partial charge in [-0.3, -0.25) is 0 Å². The number of ether oxygens (including phenoxy) is 1. The summed E-state index contributed by atoms with van der Waals surface area (Å²) in [6.07, 6.45) is 4.35. The lowest BCUT2D eigenvalue weighted by molar-refractivity contribution is -0.134. The lowest BCUT2D eigenvalue weighted by atomic mass is 10.2. The Balaban J connectivity index is 4.27. The fraction of sp³-hybridized carbons (Fsp3) is 0.222. The molecule has 0 amide bonds. The normalized spacial score (nSPS) is 13.5. The first-order valence-electron chi connectivity index (χ1n) is 3.61. The summed E-state index contributed by atoms with van der Waals surface area (Å²) in [7, 11) is 1.31. The van der Waals surface area contributed by atoms with Gasteiger partial charge in [-0.25, -0.2) is 4.79 Å². The van der Waals surface area contributed by atoms with Gasteiger partial charge in [0, 0.05) is 17.3 Å². The maximum atomic E-state index is 10.6. The van der Waals surface area contributed by atoms with E-state index in [4.69, 9.17) is 17.3 Å². The summed E-state index contributed by atoms with van der Waals surface area (Å²) in [5.74, 6) is -0.420. The van der Waals surface area contributed by atoms with Gasteiger partial charge in [0.1, 0.15) is 0 Å². The van der Waals surface area contributed by atoms with Crippen LogP contribution in [0.15, 0.2) is 35.0 Å². The van der Waals surface area contributed by atoms with Crippen LogP contribution in [0.4, 0.5) is 0 Å². The Morgan fingerprint density at radius 2 is 2.15 bits per heavy atom. The van der Waals surface area contributed by atoms with Gasteiger partial charge in [0.05, 0.1) is 7.11 Å². The van der Waals surface area contributed by atoms with Crippen LogP contribution in [0.25, 0.3) is 0 Å². The Hall–Kier alpha value is -1.22. The molecule has 0 atom stereocenters. The van der Waals surface area contributed by atoms with Crippen LogP contribution in [0.2, 0.25) is 0 Å². The van der Waals surface area contributed by atoms with E-state index in [1.165, 1.54) is 24.8 Å². The zero-order valence-corrected chi connectivity index (χ0v) is 8.34. The van der Waals surface area contributed by atoms with Crippen molar-refractivity contribution in [1.82, 2.24) is 0 Å². The van der Waals surface area contributed by atoms with Gasteiger partial charge >= 0.3 is 5.97 Å². The first-order chi connectivity index (χ1) is 6.11. The van der Waals surface area contributed by atoms with Gasteiger partial charge in [-0.1, -0.05) is 17.7 Å². The average Bonchev–Trinajstić information content (AvgIpc) is 2.15. The number of rotatable bonds is 3. The first kappa shape index (κ1) is 11.8. The van der Waals surface area contributed by atoms with E-state index >= 15 is 0 Å². The number of esters is 1. The standard InChI is InChI=1S/C9H12ClNO2/c1-7(6-10)8(11)4-3-5-9(12)13-2/h3-6H,11H2,1-2H3/b5-3+,7-6+,8-4+. The molecule has 2 N–H and O–H groups in total. The highest BCUT2D eigenvalue weighted by Crippen LogP contribution is 2.03. The molecule has 3 nitrogen and oxygen atoms in total. The second-order valence-corrected chi connectivity index (χ2v) is 2.51. The minimum absolute atomic E-state index is 0.420. The number of methoxy groups -OCH3 is 1. The number of carbonyl (C=O) groups excluding carboxylic acids is 1. The molecule has 4 heteroatoms. The summed E-state index contributed by atoms with van der Waals surface area (Å²) in [6.45, 7) is 1.77. The fourth-order valence-corrected chi connectivity index (χ4v) is 0.619. The summed E-state index contributed by atoms with van der Waals surface area (Å²) in [6, 6.07) is 0. The molecule has 0 rings (SSSR count). The Morgan fingerprint density at radius 3 is 2.62 bits per heavy atom. The van der Waals surface area contributed by atoms with Crippen molar-refractivity contribution in [3.8, 4) is 0 Å². The van der Waals surface area contributed by atoms with Crippen molar-refractivity contribution in [3.05, 3.63) is 35.0 Å². The van der Waals surface area contributed by atoms with Crippen molar-refractivity contribution in [2.24, 2.45) is 5.73 Å². The summed E-state index contributed by atoms with van der Waals surface area (Å²) >= 11 is 5.42. The molecule has 0 saturated carbocycles. The molecule has 0 aromatic rings. The predicted molar refractivity (Wildman–Crippen MR) is 53.0 cm³/mol. The Kier molecular flexibility index (Phi) is 5.72. The van der Waals surface area contributed by atoms with E-state index in [0.29, 0.717) is 5.70 Å². The number of nitrogens with two attached hydrogens (primary N) is 1. The zero-order valence-electron chi connectivity index (χ0n) is 7.58. The second-order valence-electron chi connectivity index (χ2n) is 2.30. The molecule has 0 spiro atoms. The van der Waals surface area contributed by atoms with Gasteiger partial charge in [-0.2, -0.15) is 0 Å². The van der Waals surface area contributed by atoms with Crippen LogP contribution in [0.3, 0.4) is 0 Å². The largest absolute Gasteiger partial charge is 0.466 e. The van der Waals surface area contributed by atoms with E-state index in [0.717, 1.165) is 5.57 Å². The van der Waals surface area contributed by atoms with Crippen LogP contribution in [-0.4, -0.2) is 13.1 Å². The van der Waals surface area contributed by atoms with Gasteiger partial charge in [-0.15, -0.1) is 0 Å². The molecule has 13 heavy (non-hydrogen) atoms. The fourth-order valence-electron chi connectivity index (χ4n) is 0.493. The van der Waals surface area contributed by atoms with Crippen LogP contribution in [0, 0.1) is 0 Å². The maximum Gasteiger partial charge on any atom is 0.330 e. The number of halogens is 1. The van der Waals surface area contributed by atoms with E-state index in [1.54, 1.807) is 13.0 Å². The van der Waals surface area contributed by atoms with E-state index < -0.39 is 5.97 Å². The summed E-state index contributed by atoms with van der Waals surface area (Å²) < 4.78 is 4.38. The highest BCUT2D eigenvalue weighted by molar-refractivity contribution is 6.25. The highest BCUT2D eigenvalue weighted by Gasteiger charge is 1.91. The molecule has 0 aliphatic carbocycles. The number of hydrogen-bond acceptors (Lipinski definition) is 3. The average molecular weight is 202 g/mol. The molecule has 0 aromatic carbocycles. The SMILES string of the molecule is COC(=O)/C=C/C=C(N)\C(C)=C\Cl. The van der Waals surface area contributed by atoms with Crippen molar-refractivity contribution in [2.45, 2.75) is 6.92 Å². The first-order valence-corrected chi connectivity index (χ1v) is 4.04. The molecule has 0 saturated heterocycles. The Bertz CT molecular complexity index is 267. The molecule has 0 aliphatic heterocycles. The minimum Gasteiger partial charge on any atom is -0.466 e. The highest BCUT2D eigenvalue weighted by atomic mass is 35.5. The Labute approximate surface area is 82.5 Å². The van der Waals surface area contributed by atoms with Gasteiger partial charge in [0.15, 0.2) is 0 Å². The van der Waals surface area contributed by atoms with Gasteiger partial charge in [-0.05, 0) is 18.6 Å². The number of hydrogen-bond donors (Lipinski definition) is 1. The van der Waals surface area contributed by atoms with E-state index in [2.05, 4.69) is 4.74 Å².